The van der Waals surface area contributed by atoms with Gasteiger partial charge in [0.25, 0.3) is 0 Å². The Bertz CT molecular complexity index is 446. The summed E-state index contributed by atoms with van der Waals surface area (Å²) in [6.07, 6.45) is 0. The average molecular weight is 204 g/mol. The summed E-state index contributed by atoms with van der Waals surface area (Å²) in [6.45, 7) is 10.9. The summed E-state index contributed by atoms with van der Waals surface area (Å²) in [4.78, 5) is 0. The van der Waals surface area contributed by atoms with Crippen molar-refractivity contribution in [3.8, 4) is 23.0 Å². The first-order valence-corrected chi connectivity index (χ1v) is 4.59. The third-order valence-electron chi connectivity index (χ3n) is 1.77. The minimum atomic E-state index is 0.572. The van der Waals surface area contributed by atoms with Crippen molar-refractivity contribution in [2.75, 3.05) is 0 Å². The fraction of sp³-hybridized carbons (Fsp3) is 0.167. The highest BCUT2D eigenvalue weighted by Crippen LogP contribution is 2.57. The Morgan fingerprint density at radius 3 is 2.40 bits per heavy atom. The molecule has 0 saturated carbocycles. The predicted octanol–water partition coefficient (Wildman–Crippen LogP) is 3.62. The first-order chi connectivity index (χ1) is 7.08. The third kappa shape index (κ3) is 1.96. The Morgan fingerprint density at radius 2 is 1.80 bits per heavy atom. The number of ether oxygens (including phenoxy) is 3. The summed E-state index contributed by atoms with van der Waals surface area (Å²) < 4.78 is 16.1. The molecule has 0 fully saturated rings. The lowest BCUT2D eigenvalue weighted by atomic mass is 10.3. The molecule has 0 N–H and O–H groups in total. The highest BCUT2D eigenvalue weighted by atomic mass is 16.6. The Balaban J connectivity index is 2.33. The summed E-state index contributed by atoms with van der Waals surface area (Å²) >= 11 is 0. The molecule has 15 heavy (non-hydrogen) atoms. The lowest BCUT2D eigenvalue weighted by Crippen LogP contribution is -1.93. The Kier molecular flexibility index (Phi) is 2.15. The molecule has 0 atom stereocenters. The molecule has 1 heterocycles. The summed E-state index contributed by atoms with van der Waals surface area (Å²) in [6, 6.07) is 3.62. The fourth-order valence-electron chi connectivity index (χ4n) is 1.23. The lowest BCUT2D eigenvalue weighted by molar-refractivity contribution is 0.368. The highest BCUT2D eigenvalue weighted by molar-refractivity contribution is 5.68. The second-order valence-corrected chi connectivity index (χ2v) is 3.43. The number of allylic oxidation sites excluding steroid dienone is 2. The van der Waals surface area contributed by atoms with Crippen LogP contribution in [-0.2, 0) is 0 Å². The van der Waals surface area contributed by atoms with Crippen LogP contribution in [0.25, 0.3) is 0 Å². The van der Waals surface area contributed by atoms with Gasteiger partial charge in [0, 0.05) is 0 Å². The molecule has 1 aliphatic heterocycles. The van der Waals surface area contributed by atoms with Crippen LogP contribution in [0.3, 0.4) is 0 Å². The molecule has 78 valence electrons. The normalized spacial score (nSPS) is 11.1. The molecule has 2 rings (SSSR count). The van der Waals surface area contributed by atoms with E-state index in [-0.39, 0.29) is 0 Å². The van der Waals surface area contributed by atoms with E-state index in [4.69, 9.17) is 14.2 Å². The minimum absolute atomic E-state index is 0.572. The van der Waals surface area contributed by atoms with Crippen molar-refractivity contribution in [3.05, 3.63) is 36.8 Å². The molecule has 1 aliphatic rings. The van der Waals surface area contributed by atoms with Gasteiger partial charge in [-0.15, -0.1) is 0 Å². The molecule has 0 aliphatic carbocycles. The van der Waals surface area contributed by atoms with E-state index in [1.54, 1.807) is 19.9 Å². The topological polar surface area (TPSA) is 31.0 Å². The van der Waals surface area contributed by atoms with E-state index >= 15 is 0 Å². The SMILES string of the molecule is C=C(C)Oc1ccc2c(c1OC(=C)C)O2. The van der Waals surface area contributed by atoms with Gasteiger partial charge < -0.3 is 14.2 Å². The van der Waals surface area contributed by atoms with Gasteiger partial charge in [0.05, 0.1) is 11.5 Å². The zero-order valence-electron chi connectivity index (χ0n) is 8.79. The molecule has 3 heteroatoms. The molecule has 0 radical (unpaired) electrons. The van der Waals surface area contributed by atoms with Gasteiger partial charge in [-0.1, -0.05) is 13.2 Å². The first kappa shape index (κ1) is 9.65. The zero-order valence-corrected chi connectivity index (χ0v) is 8.79. The largest absolute Gasteiger partial charge is 0.459 e. The van der Waals surface area contributed by atoms with Crippen LogP contribution in [0.4, 0.5) is 0 Å². The van der Waals surface area contributed by atoms with Gasteiger partial charge in [-0.05, 0) is 26.0 Å². The van der Waals surface area contributed by atoms with Crippen molar-refractivity contribution in [1.82, 2.24) is 0 Å². The number of rotatable bonds is 4. The van der Waals surface area contributed by atoms with Gasteiger partial charge in [0.1, 0.15) is 0 Å². The lowest BCUT2D eigenvalue weighted by Gasteiger charge is -2.09. The molecular weight excluding hydrogens is 192 g/mol. The molecule has 0 bridgehead atoms. The van der Waals surface area contributed by atoms with E-state index in [2.05, 4.69) is 13.2 Å². The van der Waals surface area contributed by atoms with E-state index in [1.165, 1.54) is 0 Å². The van der Waals surface area contributed by atoms with Crippen molar-refractivity contribution in [1.29, 1.82) is 0 Å². The van der Waals surface area contributed by atoms with Crippen molar-refractivity contribution in [2.24, 2.45) is 0 Å². The van der Waals surface area contributed by atoms with Gasteiger partial charge in [0.2, 0.25) is 11.5 Å². The minimum Gasteiger partial charge on any atom is -0.459 e. The first-order valence-electron chi connectivity index (χ1n) is 4.59. The zero-order chi connectivity index (χ0) is 11.0. The van der Waals surface area contributed by atoms with Gasteiger partial charge in [-0.2, -0.15) is 0 Å². The quantitative estimate of drug-likeness (QED) is 0.563. The third-order valence-corrected chi connectivity index (χ3v) is 1.77. The Labute approximate surface area is 88.6 Å². The second kappa shape index (κ2) is 3.35. The maximum Gasteiger partial charge on any atom is 0.216 e. The van der Waals surface area contributed by atoms with Crippen LogP contribution in [-0.4, -0.2) is 0 Å². The van der Waals surface area contributed by atoms with Crippen LogP contribution in [0, 0.1) is 0 Å². The Morgan fingerprint density at radius 1 is 1.13 bits per heavy atom. The maximum absolute atomic E-state index is 5.44. The number of benzene rings is 1. The van der Waals surface area contributed by atoms with E-state index < -0.39 is 0 Å². The number of hydrogen-bond donors (Lipinski definition) is 0. The van der Waals surface area contributed by atoms with Gasteiger partial charge in [-0.25, -0.2) is 0 Å². The van der Waals surface area contributed by atoms with Crippen LogP contribution in [0.2, 0.25) is 0 Å². The van der Waals surface area contributed by atoms with Crippen LogP contribution >= 0.6 is 0 Å². The van der Waals surface area contributed by atoms with E-state index in [1.807, 2.05) is 6.07 Å². The molecule has 0 saturated heterocycles. The molecule has 0 amide bonds. The van der Waals surface area contributed by atoms with Crippen molar-refractivity contribution >= 4 is 0 Å². The van der Waals surface area contributed by atoms with Crippen LogP contribution in [0.15, 0.2) is 36.8 Å². The summed E-state index contributed by atoms with van der Waals surface area (Å²) in [5, 5.41) is 0. The molecule has 3 nitrogen and oxygen atoms in total. The number of hydrogen-bond acceptors (Lipinski definition) is 3. The van der Waals surface area contributed by atoms with Crippen molar-refractivity contribution in [2.45, 2.75) is 13.8 Å². The van der Waals surface area contributed by atoms with Gasteiger partial charge in [-0.3, -0.25) is 0 Å². The monoisotopic (exact) mass is 204 g/mol. The Hall–Kier alpha value is -1.90. The molecule has 1 aromatic rings. The molecule has 0 aromatic heterocycles. The summed E-state index contributed by atoms with van der Waals surface area (Å²) in [7, 11) is 0. The van der Waals surface area contributed by atoms with E-state index in [0.29, 0.717) is 23.0 Å². The molecule has 0 spiro atoms. The smallest absolute Gasteiger partial charge is 0.216 e. The van der Waals surface area contributed by atoms with E-state index in [0.717, 1.165) is 11.5 Å². The molecule has 1 aromatic carbocycles. The average Bonchev–Trinajstić information content (AvgIpc) is 2.86. The van der Waals surface area contributed by atoms with Crippen LogP contribution < -0.4 is 14.2 Å². The van der Waals surface area contributed by atoms with Crippen molar-refractivity contribution < 1.29 is 14.2 Å². The summed E-state index contributed by atoms with van der Waals surface area (Å²) in [5.74, 6) is 3.90. The molecular formula is C12H12O3. The predicted molar refractivity (Wildman–Crippen MR) is 57.4 cm³/mol. The van der Waals surface area contributed by atoms with Gasteiger partial charge >= 0.3 is 0 Å². The highest BCUT2D eigenvalue weighted by Gasteiger charge is 2.29. The maximum atomic E-state index is 5.44. The summed E-state index contributed by atoms with van der Waals surface area (Å²) in [5.41, 5.74) is 0. The van der Waals surface area contributed by atoms with Gasteiger partial charge in [0.15, 0.2) is 11.5 Å². The standard InChI is InChI=1S/C12H12O3/c1-7(2)13-9-5-6-10-12(15-10)11(9)14-8(3)4/h5-6H,1,3H2,2,4H3. The second-order valence-electron chi connectivity index (χ2n) is 3.43. The fourth-order valence-corrected chi connectivity index (χ4v) is 1.23. The van der Waals surface area contributed by atoms with E-state index in [9.17, 15) is 0 Å². The number of fused-ring (bicyclic) bond motifs is 1. The van der Waals surface area contributed by atoms with Crippen molar-refractivity contribution in [3.63, 3.8) is 0 Å². The van der Waals surface area contributed by atoms with Crippen LogP contribution in [0.1, 0.15) is 13.8 Å². The molecule has 0 unspecified atom stereocenters. The van der Waals surface area contributed by atoms with Crippen LogP contribution in [0.5, 0.6) is 23.0 Å².